The molecule has 1 amide bonds. The molecule has 1 aromatic rings. The third kappa shape index (κ3) is 6.21. The molecule has 0 bridgehead atoms. The average Bonchev–Trinajstić information content (AvgIpc) is 2.44. The van der Waals surface area contributed by atoms with Gasteiger partial charge in [-0.05, 0) is 17.9 Å². The molecule has 0 aromatic heterocycles. The fraction of sp³-hybridized carbons (Fsp3) is 0.500. The van der Waals surface area contributed by atoms with Gasteiger partial charge in [0.1, 0.15) is 6.04 Å². The van der Waals surface area contributed by atoms with Gasteiger partial charge in [-0.3, -0.25) is 4.79 Å². The van der Waals surface area contributed by atoms with Crippen molar-refractivity contribution in [1.29, 1.82) is 0 Å². The SMILES string of the molecule is CC(C)CC(CS)C(=O)N[C@@H](Cc1ccccc1)C(=O)O. The fourth-order valence-electron chi connectivity index (χ4n) is 2.17. The van der Waals surface area contributed by atoms with Crippen LogP contribution in [-0.2, 0) is 16.0 Å². The molecule has 0 saturated heterocycles. The number of hydrogen-bond acceptors (Lipinski definition) is 3. The lowest BCUT2D eigenvalue weighted by Gasteiger charge is -2.20. The lowest BCUT2D eigenvalue weighted by molar-refractivity contribution is -0.142. The summed E-state index contributed by atoms with van der Waals surface area (Å²) in [4.78, 5) is 23.5. The minimum absolute atomic E-state index is 0.234. The van der Waals surface area contributed by atoms with Crippen LogP contribution >= 0.6 is 12.6 Å². The van der Waals surface area contributed by atoms with E-state index < -0.39 is 12.0 Å². The van der Waals surface area contributed by atoms with E-state index in [1.165, 1.54) is 0 Å². The largest absolute Gasteiger partial charge is 0.480 e. The van der Waals surface area contributed by atoms with Crippen LogP contribution in [0.1, 0.15) is 25.8 Å². The van der Waals surface area contributed by atoms with Gasteiger partial charge >= 0.3 is 5.97 Å². The Hall–Kier alpha value is -1.49. The molecule has 0 fully saturated rings. The van der Waals surface area contributed by atoms with Crippen molar-refractivity contribution in [3.05, 3.63) is 35.9 Å². The number of carbonyl (C=O) groups excluding carboxylic acids is 1. The summed E-state index contributed by atoms with van der Waals surface area (Å²) in [7, 11) is 0. The van der Waals surface area contributed by atoms with Crippen molar-refractivity contribution in [2.24, 2.45) is 11.8 Å². The molecule has 0 heterocycles. The molecule has 1 aromatic carbocycles. The molecule has 0 aliphatic rings. The molecular formula is C16H23NO3S. The summed E-state index contributed by atoms with van der Waals surface area (Å²) in [6.45, 7) is 4.06. The third-order valence-electron chi connectivity index (χ3n) is 3.24. The zero-order chi connectivity index (χ0) is 15.8. The number of hydrogen-bond donors (Lipinski definition) is 3. The van der Waals surface area contributed by atoms with E-state index in [0.717, 1.165) is 5.56 Å². The van der Waals surface area contributed by atoms with Crippen LogP contribution in [-0.4, -0.2) is 28.8 Å². The van der Waals surface area contributed by atoms with Gasteiger partial charge in [0.05, 0.1) is 0 Å². The molecule has 0 aliphatic carbocycles. The molecule has 4 nitrogen and oxygen atoms in total. The second-order valence-electron chi connectivity index (χ2n) is 5.60. The first-order valence-corrected chi connectivity index (χ1v) is 7.75. The van der Waals surface area contributed by atoms with Gasteiger partial charge in [0.15, 0.2) is 0 Å². The predicted molar refractivity (Wildman–Crippen MR) is 86.5 cm³/mol. The highest BCUT2D eigenvalue weighted by molar-refractivity contribution is 7.80. The van der Waals surface area contributed by atoms with Crippen LogP contribution in [0.4, 0.5) is 0 Å². The van der Waals surface area contributed by atoms with Crippen molar-refractivity contribution in [2.45, 2.75) is 32.7 Å². The minimum atomic E-state index is -1.02. The van der Waals surface area contributed by atoms with Crippen molar-refractivity contribution >= 4 is 24.5 Å². The van der Waals surface area contributed by atoms with Crippen LogP contribution in [0.3, 0.4) is 0 Å². The van der Waals surface area contributed by atoms with Gasteiger partial charge in [-0.15, -0.1) is 0 Å². The summed E-state index contributed by atoms with van der Waals surface area (Å²) in [5.74, 6) is -0.727. The molecule has 0 radical (unpaired) electrons. The van der Waals surface area contributed by atoms with E-state index in [9.17, 15) is 14.7 Å². The van der Waals surface area contributed by atoms with Gasteiger partial charge in [0.25, 0.3) is 0 Å². The Morgan fingerprint density at radius 3 is 2.33 bits per heavy atom. The lowest BCUT2D eigenvalue weighted by Crippen LogP contribution is -2.45. The van der Waals surface area contributed by atoms with E-state index in [0.29, 0.717) is 18.1 Å². The summed E-state index contributed by atoms with van der Waals surface area (Å²) in [6, 6.07) is 8.38. The monoisotopic (exact) mass is 309 g/mol. The molecule has 2 atom stereocenters. The van der Waals surface area contributed by atoms with Crippen LogP contribution < -0.4 is 5.32 Å². The summed E-state index contributed by atoms with van der Waals surface area (Å²) >= 11 is 4.19. The molecular weight excluding hydrogens is 286 g/mol. The third-order valence-corrected chi connectivity index (χ3v) is 3.69. The van der Waals surface area contributed by atoms with Gasteiger partial charge in [-0.2, -0.15) is 12.6 Å². The molecule has 1 unspecified atom stereocenters. The number of benzene rings is 1. The number of carbonyl (C=O) groups is 2. The van der Waals surface area contributed by atoms with Crippen molar-refractivity contribution < 1.29 is 14.7 Å². The number of thiol groups is 1. The standard InChI is InChI=1S/C16H23NO3S/c1-11(2)8-13(10-21)15(18)17-14(16(19)20)9-12-6-4-3-5-7-12/h3-7,11,13-14,21H,8-10H2,1-2H3,(H,17,18)(H,19,20)/t13?,14-/m0/s1. The van der Waals surface area contributed by atoms with E-state index in [1.807, 2.05) is 44.2 Å². The van der Waals surface area contributed by atoms with Gasteiger partial charge in [-0.1, -0.05) is 44.2 Å². The van der Waals surface area contributed by atoms with Gasteiger partial charge < -0.3 is 10.4 Å². The maximum atomic E-state index is 12.2. The molecule has 0 spiro atoms. The summed E-state index contributed by atoms with van der Waals surface area (Å²) < 4.78 is 0. The van der Waals surface area contributed by atoms with Gasteiger partial charge in [-0.25, -0.2) is 4.79 Å². The Kier molecular flexibility index (Phi) is 7.29. The Balaban J connectivity index is 2.69. The van der Waals surface area contributed by atoms with E-state index in [4.69, 9.17) is 0 Å². The Labute approximate surface area is 131 Å². The number of rotatable bonds is 8. The first-order valence-electron chi connectivity index (χ1n) is 7.12. The average molecular weight is 309 g/mol. The first kappa shape index (κ1) is 17.6. The van der Waals surface area contributed by atoms with Crippen molar-refractivity contribution in [3.63, 3.8) is 0 Å². The van der Waals surface area contributed by atoms with Gasteiger partial charge in [0.2, 0.25) is 5.91 Å². The van der Waals surface area contributed by atoms with E-state index in [2.05, 4.69) is 17.9 Å². The van der Waals surface area contributed by atoms with E-state index >= 15 is 0 Å². The fourth-order valence-corrected chi connectivity index (χ4v) is 2.49. The van der Waals surface area contributed by atoms with Crippen LogP contribution in [0.2, 0.25) is 0 Å². The molecule has 116 valence electrons. The van der Waals surface area contributed by atoms with Crippen LogP contribution in [0.15, 0.2) is 30.3 Å². The lowest BCUT2D eigenvalue weighted by atomic mass is 9.97. The number of nitrogens with one attached hydrogen (secondary N) is 1. The smallest absolute Gasteiger partial charge is 0.326 e. The van der Waals surface area contributed by atoms with Crippen molar-refractivity contribution in [1.82, 2.24) is 5.32 Å². The summed E-state index contributed by atoms with van der Waals surface area (Å²) in [6.07, 6.45) is 0.982. The molecule has 5 heteroatoms. The molecule has 21 heavy (non-hydrogen) atoms. The molecule has 0 aliphatic heterocycles. The normalized spacial score (nSPS) is 13.7. The highest BCUT2D eigenvalue weighted by atomic mass is 32.1. The van der Waals surface area contributed by atoms with Crippen LogP contribution in [0.25, 0.3) is 0 Å². The second-order valence-corrected chi connectivity index (χ2v) is 5.96. The van der Waals surface area contributed by atoms with Gasteiger partial charge in [0, 0.05) is 18.1 Å². The molecule has 0 saturated carbocycles. The molecule has 1 rings (SSSR count). The predicted octanol–water partition coefficient (Wildman–Crippen LogP) is 2.39. The highest BCUT2D eigenvalue weighted by Gasteiger charge is 2.25. The molecule has 2 N–H and O–H groups in total. The Morgan fingerprint density at radius 1 is 1.24 bits per heavy atom. The maximum absolute atomic E-state index is 12.2. The van der Waals surface area contributed by atoms with Crippen LogP contribution in [0, 0.1) is 11.8 Å². The van der Waals surface area contributed by atoms with Crippen molar-refractivity contribution in [2.75, 3.05) is 5.75 Å². The maximum Gasteiger partial charge on any atom is 0.326 e. The number of carboxylic acid groups (broad SMARTS) is 1. The quantitative estimate of drug-likeness (QED) is 0.646. The zero-order valence-electron chi connectivity index (χ0n) is 12.5. The van der Waals surface area contributed by atoms with Crippen molar-refractivity contribution in [3.8, 4) is 0 Å². The Bertz CT molecular complexity index is 462. The Morgan fingerprint density at radius 2 is 1.86 bits per heavy atom. The number of amides is 1. The number of aliphatic carboxylic acids is 1. The summed E-state index contributed by atoms with van der Waals surface area (Å²) in [5, 5.41) is 11.9. The topological polar surface area (TPSA) is 66.4 Å². The van der Waals surface area contributed by atoms with E-state index in [-0.39, 0.29) is 18.2 Å². The van der Waals surface area contributed by atoms with E-state index in [1.54, 1.807) is 0 Å². The second kappa shape index (κ2) is 8.72. The van der Waals surface area contributed by atoms with Crippen LogP contribution in [0.5, 0.6) is 0 Å². The highest BCUT2D eigenvalue weighted by Crippen LogP contribution is 2.14. The number of carboxylic acids is 1. The first-order chi connectivity index (χ1) is 9.93. The summed E-state index contributed by atoms with van der Waals surface area (Å²) in [5.41, 5.74) is 0.886. The minimum Gasteiger partial charge on any atom is -0.480 e. The zero-order valence-corrected chi connectivity index (χ0v) is 13.3.